The number of carbonyl (C=O) groups is 1. The second kappa shape index (κ2) is 12.7. The van der Waals surface area contributed by atoms with E-state index in [9.17, 15) is 4.79 Å². The molecule has 3 aliphatic rings. The predicted octanol–water partition coefficient (Wildman–Crippen LogP) is 7.51. The van der Waals surface area contributed by atoms with Gasteiger partial charge in [0.15, 0.2) is 0 Å². The molecule has 38 heavy (non-hydrogen) atoms. The number of carbonyl (C=O) groups excluding carboxylic acids is 1. The van der Waals surface area contributed by atoms with Gasteiger partial charge in [-0.15, -0.1) is 0 Å². The fourth-order valence-corrected chi connectivity index (χ4v) is 5.86. The number of amides is 1. The van der Waals surface area contributed by atoms with Crippen LogP contribution < -0.4 is 10.2 Å². The number of alkyl carbamates (subject to hydrolysis) is 1. The molecule has 7 nitrogen and oxygen atoms in total. The van der Waals surface area contributed by atoms with Gasteiger partial charge in [-0.2, -0.15) is 5.10 Å². The van der Waals surface area contributed by atoms with Gasteiger partial charge in [0.25, 0.3) is 0 Å². The average molecular weight is 538 g/mol. The largest absolute Gasteiger partial charge is 0.441 e. The van der Waals surface area contributed by atoms with E-state index in [-0.39, 0.29) is 6.09 Å². The van der Waals surface area contributed by atoms with Crippen LogP contribution in [0.3, 0.4) is 0 Å². The molecule has 0 bridgehead atoms. The number of pyridine rings is 1. The maximum atomic E-state index is 11.6. The smallest absolute Gasteiger partial charge is 0.407 e. The van der Waals surface area contributed by atoms with Gasteiger partial charge in [0.2, 0.25) is 0 Å². The molecule has 1 saturated carbocycles. The molecule has 3 fully saturated rings. The Labute approximate surface area is 231 Å². The third kappa shape index (κ3) is 5.83. The van der Waals surface area contributed by atoms with E-state index in [1.807, 2.05) is 40.1 Å². The number of aromatic nitrogens is 3. The lowest BCUT2D eigenvalue weighted by atomic mass is 9.91. The van der Waals surface area contributed by atoms with Crippen LogP contribution in [0.15, 0.2) is 49.1 Å². The van der Waals surface area contributed by atoms with Crippen molar-refractivity contribution < 1.29 is 9.53 Å². The first-order valence-corrected chi connectivity index (χ1v) is 14.5. The standard InChI is InChI=1S/C26H28ClN5O2.2C2H6/c27-23-15-28-14-22(24(23)31-11-9-26(10-12-31)17-29-25(33)34-26)19-7-5-18(6-8-19)20-13-30-32(16-20)21-3-1-2-4-21;2*1-2/h5-8,13-16,21H,1-4,9-12,17H2,(H,29,33);2*1-2H3. The third-order valence-corrected chi connectivity index (χ3v) is 7.83. The zero-order valence-corrected chi connectivity index (χ0v) is 23.8. The first-order valence-electron chi connectivity index (χ1n) is 14.1. The van der Waals surface area contributed by atoms with E-state index in [4.69, 9.17) is 16.3 Å². The van der Waals surface area contributed by atoms with E-state index in [1.165, 1.54) is 25.7 Å². The summed E-state index contributed by atoms with van der Waals surface area (Å²) in [5, 5.41) is 8.06. The van der Waals surface area contributed by atoms with Crippen molar-refractivity contribution in [3.63, 3.8) is 0 Å². The summed E-state index contributed by atoms with van der Waals surface area (Å²) in [5.74, 6) is 0. The van der Waals surface area contributed by atoms with Gasteiger partial charge in [0.05, 0.1) is 29.5 Å². The topological polar surface area (TPSA) is 72.3 Å². The molecule has 0 atom stereocenters. The fourth-order valence-electron chi connectivity index (χ4n) is 5.58. The minimum Gasteiger partial charge on any atom is -0.441 e. The van der Waals surface area contributed by atoms with Crippen molar-refractivity contribution in [3.8, 4) is 22.3 Å². The molecule has 3 aromatic rings. The highest BCUT2D eigenvalue weighted by Gasteiger charge is 2.43. The van der Waals surface area contributed by atoms with Crippen LogP contribution in [-0.2, 0) is 4.74 Å². The van der Waals surface area contributed by atoms with Gasteiger partial charge in [-0.3, -0.25) is 9.67 Å². The third-order valence-electron chi connectivity index (χ3n) is 7.56. The van der Waals surface area contributed by atoms with Crippen LogP contribution in [-0.4, -0.2) is 46.1 Å². The Morgan fingerprint density at radius 3 is 2.24 bits per heavy atom. The van der Waals surface area contributed by atoms with Gasteiger partial charge >= 0.3 is 6.09 Å². The lowest BCUT2D eigenvalue weighted by molar-refractivity contribution is 0.0367. The summed E-state index contributed by atoms with van der Waals surface area (Å²) < 4.78 is 7.71. The Morgan fingerprint density at radius 1 is 0.947 bits per heavy atom. The first-order chi connectivity index (χ1) is 18.6. The van der Waals surface area contributed by atoms with Gasteiger partial charge in [-0.1, -0.05) is 76.4 Å². The summed E-state index contributed by atoms with van der Waals surface area (Å²) in [6, 6.07) is 9.09. The van der Waals surface area contributed by atoms with Crippen molar-refractivity contribution in [2.75, 3.05) is 24.5 Å². The van der Waals surface area contributed by atoms with Crippen molar-refractivity contribution in [1.29, 1.82) is 0 Å². The second-order valence-electron chi connectivity index (χ2n) is 9.66. The number of ether oxygens (including phenoxy) is 1. The summed E-state index contributed by atoms with van der Waals surface area (Å²) >= 11 is 6.67. The summed E-state index contributed by atoms with van der Waals surface area (Å²) in [6.45, 7) is 10.1. The Balaban J connectivity index is 0.000000804. The Kier molecular flexibility index (Phi) is 9.31. The van der Waals surface area contributed by atoms with E-state index in [2.05, 4.69) is 55.4 Å². The van der Waals surface area contributed by atoms with Gasteiger partial charge in [-0.25, -0.2) is 4.79 Å². The Hall–Kier alpha value is -3.06. The van der Waals surface area contributed by atoms with Gasteiger partial charge < -0.3 is 15.0 Å². The monoisotopic (exact) mass is 537 g/mol. The van der Waals surface area contributed by atoms with E-state index < -0.39 is 5.60 Å². The summed E-state index contributed by atoms with van der Waals surface area (Å²) in [7, 11) is 0. The summed E-state index contributed by atoms with van der Waals surface area (Å²) in [5.41, 5.74) is 4.98. The van der Waals surface area contributed by atoms with Crippen LogP contribution in [0.25, 0.3) is 22.3 Å². The van der Waals surface area contributed by atoms with Crippen molar-refractivity contribution in [2.45, 2.75) is 77.9 Å². The number of benzene rings is 1. The summed E-state index contributed by atoms with van der Waals surface area (Å²) in [6.07, 6.45) is 14.0. The highest BCUT2D eigenvalue weighted by atomic mass is 35.5. The molecule has 6 rings (SSSR count). The highest BCUT2D eigenvalue weighted by molar-refractivity contribution is 6.33. The number of anilines is 1. The minimum atomic E-state index is -0.391. The van der Waals surface area contributed by atoms with E-state index in [0.717, 1.165) is 53.9 Å². The lowest BCUT2D eigenvalue weighted by Crippen LogP contribution is -2.46. The van der Waals surface area contributed by atoms with Crippen molar-refractivity contribution >= 4 is 23.4 Å². The van der Waals surface area contributed by atoms with Crippen LogP contribution >= 0.6 is 11.6 Å². The van der Waals surface area contributed by atoms with Gasteiger partial charge in [0.1, 0.15) is 5.60 Å². The number of piperidine rings is 1. The second-order valence-corrected chi connectivity index (χ2v) is 10.1. The lowest BCUT2D eigenvalue weighted by Gasteiger charge is -2.39. The Bertz CT molecular complexity index is 1200. The molecular formula is C30H40ClN5O2. The highest BCUT2D eigenvalue weighted by Crippen LogP contribution is 2.40. The molecule has 2 aliphatic heterocycles. The molecule has 1 amide bonds. The van der Waals surface area contributed by atoms with Crippen LogP contribution in [0.1, 0.15) is 72.3 Å². The number of rotatable bonds is 4. The number of hydrogen-bond donors (Lipinski definition) is 1. The number of nitrogens with one attached hydrogen (secondary N) is 1. The number of hydrogen-bond acceptors (Lipinski definition) is 5. The average Bonchev–Trinajstić information content (AvgIpc) is 3.74. The SMILES string of the molecule is CC.CC.O=C1NCC2(CCN(c3c(Cl)cncc3-c3ccc(-c4cnn(C5CCCC5)c4)cc3)CC2)O1. The zero-order valence-electron chi connectivity index (χ0n) is 23.0. The predicted molar refractivity (Wildman–Crippen MR) is 155 cm³/mol. The summed E-state index contributed by atoms with van der Waals surface area (Å²) in [4.78, 5) is 18.2. The van der Waals surface area contributed by atoms with Gasteiger partial charge in [-0.05, 0) is 24.0 Å². The van der Waals surface area contributed by atoms with Crippen molar-refractivity contribution in [2.24, 2.45) is 0 Å². The molecule has 1 N–H and O–H groups in total. The van der Waals surface area contributed by atoms with Crippen LogP contribution in [0.4, 0.5) is 10.5 Å². The van der Waals surface area contributed by atoms with Crippen LogP contribution in [0.2, 0.25) is 5.02 Å². The molecular weight excluding hydrogens is 498 g/mol. The van der Waals surface area contributed by atoms with E-state index in [0.29, 0.717) is 17.6 Å². The molecule has 1 aromatic carbocycles. The number of halogens is 1. The molecule has 204 valence electrons. The Morgan fingerprint density at radius 2 is 1.61 bits per heavy atom. The van der Waals surface area contributed by atoms with E-state index >= 15 is 0 Å². The van der Waals surface area contributed by atoms with E-state index in [1.54, 1.807) is 6.20 Å². The van der Waals surface area contributed by atoms with Crippen LogP contribution in [0, 0.1) is 0 Å². The number of nitrogens with zero attached hydrogens (tertiary/aromatic N) is 4. The molecule has 1 spiro atoms. The quantitative estimate of drug-likeness (QED) is 0.372. The maximum absolute atomic E-state index is 11.6. The minimum absolute atomic E-state index is 0.315. The first kappa shape index (κ1) is 28.0. The van der Waals surface area contributed by atoms with Crippen LogP contribution in [0.5, 0.6) is 0 Å². The molecule has 0 unspecified atom stereocenters. The molecule has 8 heteroatoms. The molecule has 0 radical (unpaired) electrons. The molecule has 4 heterocycles. The molecule has 2 saturated heterocycles. The van der Waals surface area contributed by atoms with Gasteiger partial charge in [0, 0.05) is 55.6 Å². The molecule has 1 aliphatic carbocycles. The van der Waals surface area contributed by atoms with Crippen molar-refractivity contribution in [1.82, 2.24) is 20.1 Å². The molecule has 2 aromatic heterocycles. The zero-order chi connectivity index (χ0) is 27.1. The van der Waals surface area contributed by atoms with Crippen molar-refractivity contribution in [3.05, 3.63) is 54.1 Å². The normalized spacial score (nSPS) is 18.2. The fraction of sp³-hybridized carbons (Fsp3) is 0.500. The maximum Gasteiger partial charge on any atom is 0.407 e.